The number of benzene rings is 3. The molecule has 0 amide bonds. The van der Waals surface area contributed by atoms with Crippen molar-refractivity contribution in [3.8, 4) is 11.5 Å². The fourth-order valence-electron chi connectivity index (χ4n) is 3.60. The molecule has 1 N–H and O–H groups in total. The van der Waals surface area contributed by atoms with E-state index in [0.717, 1.165) is 16.9 Å². The van der Waals surface area contributed by atoms with Crippen molar-refractivity contribution < 1.29 is 18.6 Å². The van der Waals surface area contributed by atoms with E-state index in [2.05, 4.69) is 19.2 Å². The maximum atomic E-state index is 14.9. The molecule has 2 atom stereocenters. The first kappa shape index (κ1) is 25.7. The first-order valence-electron chi connectivity index (χ1n) is 11.3. The van der Waals surface area contributed by atoms with Crippen LogP contribution in [0.1, 0.15) is 25.2 Å². The molecule has 0 aliphatic rings. The molecule has 0 saturated heterocycles. The van der Waals surface area contributed by atoms with E-state index in [-0.39, 0.29) is 5.92 Å². The molecule has 0 saturated carbocycles. The van der Waals surface area contributed by atoms with E-state index in [0.29, 0.717) is 23.4 Å². The SMILES string of the molecule is COc1ccc([C@@H](Nc2ccccc2)[P@](=O)(OCC(C)C)c2ccc(N(C)C)cc2)cc1OC. The molecule has 3 aromatic rings. The highest BCUT2D eigenvalue weighted by Gasteiger charge is 2.38. The van der Waals surface area contributed by atoms with Crippen LogP contribution >= 0.6 is 7.37 Å². The zero-order valence-corrected chi connectivity index (χ0v) is 21.7. The zero-order valence-electron chi connectivity index (χ0n) is 20.8. The second kappa shape index (κ2) is 11.5. The van der Waals surface area contributed by atoms with Crippen LogP contribution in [0.2, 0.25) is 0 Å². The molecular formula is C27H35N2O4P. The van der Waals surface area contributed by atoms with Gasteiger partial charge in [-0.25, -0.2) is 0 Å². The van der Waals surface area contributed by atoms with Gasteiger partial charge in [-0.3, -0.25) is 4.57 Å². The van der Waals surface area contributed by atoms with Gasteiger partial charge < -0.3 is 24.2 Å². The van der Waals surface area contributed by atoms with Gasteiger partial charge in [0.25, 0.3) is 7.37 Å². The summed E-state index contributed by atoms with van der Waals surface area (Å²) in [6, 6.07) is 23.1. The Morgan fingerprint density at radius 3 is 2.09 bits per heavy atom. The molecule has 0 heterocycles. The molecule has 0 radical (unpaired) electrons. The lowest BCUT2D eigenvalue weighted by atomic mass is 10.2. The summed E-state index contributed by atoms with van der Waals surface area (Å²) in [5, 5.41) is 4.14. The largest absolute Gasteiger partial charge is 0.493 e. The molecule has 6 nitrogen and oxygen atoms in total. The van der Waals surface area contributed by atoms with Crippen LogP contribution < -0.4 is 25.0 Å². The maximum absolute atomic E-state index is 14.9. The summed E-state index contributed by atoms with van der Waals surface area (Å²) in [7, 11) is 3.70. The van der Waals surface area contributed by atoms with Gasteiger partial charge in [0, 0.05) is 30.8 Å². The molecular weight excluding hydrogens is 447 g/mol. The fourth-order valence-corrected chi connectivity index (χ4v) is 6.15. The maximum Gasteiger partial charge on any atom is 0.258 e. The molecule has 0 unspecified atom stereocenters. The second-order valence-corrected chi connectivity index (χ2v) is 11.2. The Morgan fingerprint density at radius 2 is 1.53 bits per heavy atom. The highest BCUT2D eigenvalue weighted by atomic mass is 31.2. The molecule has 0 fully saturated rings. The second-order valence-electron chi connectivity index (χ2n) is 8.72. The third-order valence-electron chi connectivity index (χ3n) is 5.47. The Kier molecular flexibility index (Phi) is 8.65. The van der Waals surface area contributed by atoms with Crippen LogP contribution in [0, 0.1) is 5.92 Å². The van der Waals surface area contributed by atoms with Crippen molar-refractivity contribution in [3.63, 3.8) is 0 Å². The fraction of sp³-hybridized carbons (Fsp3) is 0.333. The number of nitrogens with zero attached hydrogens (tertiary/aromatic N) is 1. The quantitative estimate of drug-likeness (QED) is 0.331. The van der Waals surface area contributed by atoms with Gasteiger partial charge in [0.2, 0.25) is 0 Å². The minimum absolute atomic E-state index is 0.220. The summed E-state index contributed by atoms with van der Waals surface area (Å²) in [5.41, 5.74) is 2.66. The third kappa shape index (κ3) is 5.94. The molecule has 182 valence electrons. The molecule has 0 bridgehead atoms. The van der Waals surface area contributed by atoms with Gasteiger partial charge in [0.1, 0.15) is 5.78 Å². The number of para-hydroxylation sites is 1. The van der Waals surface area contributed by atoms with Crippen molar-refractivity contribution >= 4 is 24.0 Å². The molecule has 34 heavy (non-hydrogen) atoms. The van der Waals surface area contributed by atoms with Crippen LogP contribution in [0.5, 0.6) is 11.5 Å². The van der Waals surface area contributed by atoms with E-state index in [4.69, 9.17) is 14.0 Å². The van der Waals surface area contributed by atoms with Crippen LogP contribution in [0.15, 0.2) is 72.8 Å². The Bertz CT molecular complexity index is 1100. The van der Waals surface area contributed by atoms with Gasteiger partial charge in [0.15, 0.2) is 11.5 Å². The van der Waals surface area contributed by atoms with Gasteiger partial charge in [0.05, 0.1) is 20.8 Å². The number of nitrogens with one attached hydrogen (secondary N) is 1. The predicted octanol–water partition coefficient (Wildman–Crippen LogP) is 6.16. The molecule has 3 aromatic carbocycles. The first-order chi connectivity index (χ1) is 16.3. The summed E-state index contributed by atoms with van der Waals surface area (Å²) in [5.74, 6) is 0.756. The van der Waals surface area contributed by atoms with Crippen molar-refractivity contribution in [3.05, 3.63) is 78.4 Å². The molecule has 0 aliphatic heterocycles. The number of hydrogen-bond donors (Lipinski definition) is 1. The average Bonchev–Trinajstić information content (AvgIpc) is 2.86. The highest BCUT2D eigenvalue weighted by molar-refractivity contribution is 7.67. The van der Waals surface area contributed by atoms with Crippen molar-refractivity contribution in [2.24, 2.45) is 5.92 Å². The van der Waals surface area contributed by atoms with Crippen molar-refractivity contribution in [1.82, 2.24) is 0 Å². The van der Waals surface area contributed by atoms with Gasteiger partial charge in [-0.05, 0) is 60.0 Å². The number of anilines is 2. The topological polar surface area (TPSA) is 60.0 Å². The van der Waals surface area contributed by atoms with E-state index in [9.17, 15) is 4.57 Å². The van der Waals surface area contributed by atoms with E-state index in [1.165, 1.54) is 0 Å². The van der Waals surface area contributed by atoms with Crippen LogP contribution in [0.25, 0.3) is 0 Å². The standard InChI is InChI=1S/C27H35N2O4P/c1-20(2)19-33-34(30,24-15-13-23(14-16-24)29(3)4)27(28-22-10-8-7-9-11-22)21-12-17-25(31-5)26(18-21)32-6/h7-18,20,27-28H,19H2,1-6H3/t27-,34+/m0/s1. The van der Waals surface area contributed by atoms with Crippen LogP contribution in [-0.2, 0) is 9.09 Å². The van der Waals surface area contributed by atoms with Gasteiger partial charge in [-0.15, -0.1) is 0 Å². The van der Waals surface area contributed by atoms with Crippen molar-refractivity contribution in [2.45, 2.75) is 19.6 Å². The Hall–Kier alpha value is -2.95. The number of methoxy groups -OCH3 is 2. The summed E-state index contributed by atoms with van der Waals surface area (Å²) in [4.78, 5) is 2.01. The van der Waals surface area contributed by atoms with Crippen LogP contribution in [-0.4, -0.2) is 34.9 Å². The smallest absolute Gasteiger partial charge is 0.258 e. The Morgan fingerprint density at radius 1 is 0.882 bits per heavy atom. The lowest BCUT2D eigenvalue weighted by Gasteiger charge is -2.31. The number of ether oxygens (including phenoxy) is 2. The predicted molar refractivity (Wildman–Crippen MR) is 141 cm³/mol. The third-order valence-corrected chi connectivity index (χ3v) is 8.12. The monoisotopic (exact) mass is 482 g/mol. The number of hydrogen-bond acceptors (Lipinski definition) is 6. The molecule has 0 aliphatic carbocycles. The molecule has 3 rings (SSSR count). The molecule has 7 heteroatoms. The van der Waals surface area contributed by atoms with Gasteiger partial charge in [-0.1, -0.05) is 38.1 Å². The molecule has 0 spiro atoms. The molecule has 0 aromatic heterocycles. The number of rotatable bonds is 11. The normalized spacial score (nSPS) is 13.7. The average molecular weight is 483 g/mol. The highest BCUT2D eigenvalue weighted by Crippen LogP contribution is 2.59. The van der Waals surface area contributed by atoms with Crippen LogP contribution in [0.4, 0.5) is 11.4 Å². The van der Waals surface area contributed by atoms with Crippen LogP contribution in [0.3, 0.4) is 0 Å². The Labute approximate surface area is 203 Å². The lowest BCUT2D eigenvalue weighted by molar-refractivity contribution is 0.272. The summed E-state index contributed by atoms with van der Waals surface area (Å²) in [6.45, 7) is 4.47. The van der Waals surface area contributed by atoms with Gasteiger partial charge in [-0.2, -0.15) is 0 Å². The summed E-state index contributed by atoms with van der Waals surface area (Å²) in [6.07, 6.45) is 0. The van der Waals surface area contributed by atoms with E-state index in [1.807, 2.05) is 91.8 Å². The summed E-state index contributed by atoms with van der Waals surface area (Å²) < 4.78 is 32.2. The Balaban J connectivity index is 2.17. The minimum atomic E-state index is -3.45. The van der Waals surface area contributed by atoms with Gasteiger partial charge >= 0.3 is 0 Å². The van der Waals surface area contributed by atoms with Crippen molar-refractivity contribution in [1.29, 1.82) is 0 Å². The minimum Gasteiger partial charge on any atom is -0.493 e. The first-order valence-corrected chi connectivity index (χ1v) is 13.0. The van der Waals surface area contributed by atoms with E-state index in [1.54, 1.807) is 14.2 Å². The lowest BCUT2D eigenvalue weighted by Crippen LogP contribution is -2.22. The van der Waals surface area contributed by atoms with E-state index < -0.39 is 13.2 Å². The van der Waals surface area contributed by atoms with E-state index >= 15 is 0 Å². The zero-order chi connectivity index (χ0) is 24.7. The summed E-state index contributed by atoms with van der Waals surface area (Å²) >= 11 is 0. The van der Waals surface area contributed by atoms with Crippen molar-refractivity contribution in [2.75, 3.05) is 45.1 Å².